The van der Waals surface area contributed by atoms with Crippen LogP contribution in [-0.2, 0) is 26.3 Å². The van der Waals surface area contributed by atoms with E-state index < -0.39 is 41.1 Å². The summed E-state index contributed by atoms with van der Waals surface area (Å²) in [6.45, 7) is 1.75. The van der Waals surface area contributed by atoms with E-state index >= 15 is 0 Å². The summed E-state index contributed by atoms with van der Waals surface area (Å²) >= 11 is 25.0. The van der Waals surface area contributed by atoms with Gasteiger partial charge in [0.15, 0.2) is 0 Å². The molecule has 2 saturated heterocycles. The summed E-state index contributed by atoms with van der Waals surface area (Å²) in [7, 11) is 0. The number of hydrogen-bond acceptors (Lipinski definition) is 6. The Kier molecular flexibility index (Phi) is 5.41. The highest BCUT2D eigenvalue weighted by molar-refractivity contribution is 6.38. The molecule has 4 heterocycles. The van der Waals surface area contributed by atoms with Crippen LogP contribution >= 0.6 is 46.4 Å². The number of nitrogens with zero attached hydrogens (tertiary/aromatic N) is 2. The Hall–Kier alpha value is -2.62. The lowest BCUT2D eigenvalue weighted by molar-refractivity contribution is -0.130. The second kappa shape index (κ2) is 8.19. The van der Waals surface area contributed by atoms with Crippen molar-refractivity contribution in [3.05, 3.63) is 73.5 Å². The molecule has 3 aliphatic heterocycles. The molecule has 0 saturated carbocycles. The average Bonchev–Trinajstić information content (AvgIpc) is 3.49. The molecular weight excluding hydrogens is 550 g/mol. The molecule has 3 aromatic rings. The van der Waals surface area contributed by atoms with Crippen molar-refractivity contribution in [2.75, 3.05) is 10.2 Å². The molecular formula is C24H16Cl4N4O4. The third-order valence-corrected chi connectivity index (χ3v) is 7.90. The lowest BCUT2D eigenvalue weighted by atomic mass is 9.76. The maximum absolute atomic E-state index is 14.0. The van der Waals surface area contributed by atoms with Crippen molar-refractivity contribution in [1.29, 1.82) is 0 Å². The van der Waals surface area contributed by atoms with Crippen molar-refractivity contribution in [3.8, 4) is 0 Å². The van der Waals surface area contributed by atoms with Gasteiger partial charge in [0.25, 0.3) is 0 Å². The zero-order chi connectivity index (χ0) is 25.5. The van der Waals surface area contributed by atoms with Gasteiger partial charge in [-0.1, -0.05) is 51.6 Å². The fourth-order valence-electron chi connectivity index (χ4n) is 5.66. The molecule has 8 nitrogen and oxygen atoms in total. The molecule has 2 aromatic carbocycles. The van der Waals surface area contributed by atoms with Gasteiger partial charge < -0.3 is 9.84 Å². The number of carbonyl (C=O) groups is 3. The Balaban J connectivity index is 1.53. The van der Waals surface area contributed by atoms with Crippen molar-refractivity contribution in [3.63, 3.8) is 0 Å². The molecule has 6 rings (SSSR count). The lowest BCUT2D eigenvalue weighted by Gasteiger charge is -2.29. The maximum atomic E-state index is 14.0. The Morgan fingerprint density at radius 2 is 1.67 bits per heavy atom. The number of nitrogens with one attached hydrogen (secondary N) is 2. The van der Waals surface area contributed by atoms with Crippen molar-refractivity contribution >= 4 is 75.5 Å². The molecule has 4 unspecified atom stereocenters. The number of hydrogen-bond donors (Lipinski definition) is 2. The largest absolute Gasteiger partial charge is 0.361 e. The summed E-state index contributed by atoms with van der Waals surface area (Å²) in [5, 5.41) is 11.2. The Morgan fingerprint density at radius 3 is 2.33 bits per heavy atom. The number of carbonyl (C=O) groups excluding carboxylic acids is 3. The summed E-state index contributed by atoms with van der Waals surface area (Å²) in [6, 6.07) is 8.67. The van der Waals surface area contributed by atoms with E-state index in [1.54, 1.807) is 19.1 Å². The van der Waals surface area contributed by atoms with E-state index in [9.17, 15) is 14.4 Å². The fraction of sp³-hybridized carbons (Fsp3) is 0.250. The maximum Gasteiger partial charge on any atom is 0.250 e. The topological polar surface area (TPSA) is 105 Å². The molecule has 0 bridgehead atoms. The van der Waals surface area contributed by atoms with Gasteiger partial charge in [-0.3, -0.25) is 19.7 Å². The van der Waals surface area contributed by atoms with E-state index in [1.807, 2.05) is 0 Å². The van der Waals surface area contributed by atoms with Crippen LogP contribution in [0.1, 0.15) is 17.0 Å². The number of benzene rings is 2. The van der Waals surface area contributed by atoms with Gasteiger partial charge in [0, 0.05) is 39.2 Å². The summed E-state index contributed by atoms with van der Waals surface area (Å²) in [4.78, 5) is 42.6. The van der Waals surface area contributed by atoms with Crippen LogP contribution in [0, 0.1) is 18.8 Å². The number of amides is 3. The van der Waals surface area contributed by atoms with Gasteiger partial charge in [0.1, 0.15) is 11.3 Å². The lowest BCUT2D eigenvalue weighted by Crippen LogP contribution is -2.53. The first-order valence-corrected chi connectivity index (χ1v) is 12.5. The van der Waals surface area contributed by atoms with Crippen LogP contribution in [0.25, 0.3) is 0 Å². The molecule has 12 heteroatoms. The minimum atomic E-state index is -1.58. The third kappa shape index (κ3) is 3.32. The number of halogens is 4. The molecule has 1 aromatic heterocycles. The number of aryl methyl sites for hydroxylation is 1. The highest BCUT2D eigenvalue weighted by atomic mass is 35.5. The number of fused-ring (bicyclic) bond motifs is 4. The molecule has 36 heavy (non-hydrogen) atoms. The van der Waals surface area contributed by atoms with Gasteiger partial charge in [-0.05, 0) is 37.3 Å². The van der Waals surface area contributed by atoms with Gasteiger partial charge >= 0.3 is 0 Å². The SMILES string of the molecule is Cc1cc(CC2NC3(C(=O)Nc4c(Cl)cc(Cl)cc43)C3C(=O)N(c4cc(Cl)cc(Cl)c4)C(=O)C23)no1. The smallest absolute Gasteiger partial charge is 0.250 e. The van der Waals surface area contributed by atoms with E-state index in [1.165, 1.54) is 24.3 Å². The summed E-state index contributed by atoms with van der Waals surface area (Å²) in [5.74, 6) is -2.93. The first-order chi connectivity index (χ1) is 17.1. The molecule has 2 N–H and O–H groups in total. The number of aromatic nitrogens is 1. The molecule has 0 aliphatic carbocycles. The number of anilines is 2. The minimum absolute atomic E-state index is 0.228. The van der Waals surface area contributed by atoms with Crippen molar-refractivity contribution < 1.29 is 18.9 Å². The summed E-state index contributed by atoms with van der Waals surface area (Å²) in [5.41, 5.74) is -0.0217. The van der Waals surface area contributed by atoms with E-state index in [0.29, 0.717) is 27.7 Å². The quantitative estimate of drug-likeness (QED) is 0.443. The normalized spacial score (nSPS) is 26.6. The standard InChI is InChI=1S/C24H16Cl4N4O4/c1-9-2-13(31-36-9)8-17-18-19(22(34)32(21(18)33)14-4-10(25)3-11(26)5-14)24(30-17)15-6-12(27)7-16(28)20(15)29-23(24)35/h2-7,17-19,30H,8H2,1H3,(H,29,35). The second-order valence-corrected chi connectivity index (χ2v) is 10.8. The van der Waals surface area contributed by atoms with Crippen LogP contribution < -0.4 is 15.5 Å². The zero-order valence-corrected chi connectivity index (χ0v) is 21.5. The van der Waals surface area contributed by atoms with Crippen molar-refractivity contribution in [1.82, 2.24) is 10.5 Å². The number of imide groups is 1. The third-order valence-electron chi connectivity index (χ3n) is 6.95. The fourth-order valence-corrected chi connectivity index (χ4v) is 6.72. The van der Waals surface area contributed by atoms with Crippen LogP contribution in [0.4, 0.5) is 11.4 Å². The Labute approximate surface area is 224 Å². The molecule has 4 atom stereocenters. The first-order valence-electron chi connectivity index (χ1n) is 10.9. The number of rotatable bonds is 3. The Morgan fingerprint density at radius 1 is 0.972 bits per heavy atom. The first kappa shape index (κ1) is 23.8. The van der Waals surface area contributed by atoms with Gasteiger partial charge in [-0.2, -0.15) is 0 Å². The second-order valence-electron chi connectivity index (χ2n) is 9.10. The molecule has 3 aliphatic rings. The van der Waals surface area contributed by atoms with Gasteiger partial charge in [-0.25, -0.2) is 4.90 Å². The van der Waals surface area contributed by atoms with Crippen molar-refractivity contribution in [2.24, 2.45) is 11.8 Å². The molecule has 184 valence electrons. The van der Waals surface area contributed by atoms with E-state index in [-0.39, 0.29) is 27.2 Å². The molecule has 2 fully saturated rings. The average molecular weight is 566 g/mol. The monoisotopic (exact) mass is 564 g/mol. The zero-order valence-electron chi connectivity index (χ0n) is 18.4. The predicted molar refractivity (Wildman–Crippen MR) is 135 cm³/mol. The van der Waals surface area contributed by atoms with E-state index in [0.717, 1.165) is 4.90 Å². The van der Waals surface area contributed by atoms with Crippen molar-refractivity contribution in [2.45, 2.75) is 24.9 Å². The van der Waals surface area contributed by atoms with Gasteiger partial charge in [0.05, 0.1) is 33.9 Å². The molecule has 3 amide bonds. The summed E-state index contributed by atoms with van der Waals surface area (Å²) < 4.78 is 5.19. The van der Waals surface area contributed by atoms with E-state index in [4.69, 9.17) is 50.9 Å². The highest BCUT2D eigenvalue weighted by Gasteiger charge is 2.71. The predicted octanol–water partition coefficient (Wildman–Crippen LogP) is 4.76. The molecule has 1 spiro atoms. The van der Waals surface area contributed by atoms with Crippen LogP contribution in [0.2, 0.25) is 20.1 Å². The minimum Gasteiger partial charge on any atom is -0.361 e. The van der Waals surface area contributed by atoms with Gasteiger partial charge in [-0.15, -0.1) is 0 Å². The summed E-state index contributed by atoms with van der Waals surface area (Å²) in [6.07, 6.45) is 0.236. The van der Waals surface area contributed by atoms with Crippen LogP contribution in [-0.4, -0.2) is 28.9 Å². The van der Waals surface area contributed by atoms with Crippen LogP contribution in [0.3, 0.4) is 0 Å². The van der Waals surface area contributed by atoms with Crippen LogP contribution in [0.15, 0.2) is 40.9 Å². The van der Waals surface area contributed by atoms with Crippen LogP contribution in [0.5, 0.6) is 0 Å². The highest BCUT2D eigenvalue weighted by Crippen LogP contribution is 2.55. The molecule has 0 radical (unpaired) electrons. The van der Waals surface area contributed by atoms with Gasteiger partial charge in [0.2, 0.25) is 17.7 Å². The van der Waals surface area contributed by atoms with E-state index in [2.05, 4.69) is 15.8 Å². The Bertz CT molecular complexity index is 1470.